The molecule has 1 saturated heterocycles. The van der Waals surface area contributed by atoms with Gasteiger partial charge in [0.15, 0.2) is 28.3 Å². The predicted octanol–water partition coefficient (Wildman–Crippen LogP) is 0.379. The highest BCUT2D eigenvalue weighted by atomic mass is 16.7. The molecule has 3 aromatic rings. The van der Waals surface area contributed by atoms with Crippen LogP contribution < -0.4 is 29.1 Å². The number of benzene rings is 2. The number of rotatable bonds is 8. The first-order valence-electron chi connectivity index (χ1n) is 11.3. The maximum Gasteiger partial charge on any atom is 0.229 e. The first-order chi connectivity index (χ1) is 18.2. The van der Waals surface area contributed by atoms with Crippen molar-refractivity contribution in [2.75, 3.05) is 35.0 Å². The van der Waals surface area contributed by atoms with Gasteiger partial charge in [-0.15, -0.1) is 0 Å². The van der Waals surface area contributed by atoms with Crippen LogP contribution in [0.5, 0.6) is 34.5 Å². The number of hydrogen-bond acceptors (Lipinski definition) is 13. The molecule has 0 spiro atoms. The van der Waals surface area contributed by atoms with Crippen LogP contribution >= 0.6 is 0 Å². The Hall–Kier alpha value is -3.75. The van der Waals surface area contributed by atoms with Crippen LogP contribution in [0.2, 0.25) is 0 Å². The molecular weight excluding hydrogens is 508 g/mol. The molecule has 0 unspecified atom stereocenters. The smallest absolute Gasteiger partial charge is 0.229 e. The van der Waals surface area contributed by atoms with Crippen LogP contribution in [-0.4, -0.2) is 91.3 Å². The van der Waals surface area contributed by atoms with E-state index in [1.165, 1.54) is 46.6 Å². The fourth-order valence-electron chi connectivity index (χ4n) is 4.26. The van der Waals surface area contributed by atoms with Crippen molar-refractivity contribution in [3.8, 4) is 45.8 Å². The lowest BCUT2D eigenvalue weighted by Gasteiger charge is -2.39. The Morgan fingerprint density at radius 3 is 2.13 bits per heavy atom. The van der Waals surface area contributed by atoms with Crippen LogP contribution in [0.3, 0.4) is 0 Å². The lowest BCUT2D eigenvalue weighted by Crippen LogP contribution is -2.60. The molecule has 0 aliphatic carbocycles. The molecule has 2 heterocycles. The van der Waals surface area contributed by atoms with Gasteiger partial charge in [-0.2, -0.15) is 0 Å². The number of ether oxygens (including phenoxy) is 6. The van der Waals surface area contributed by atoms with E-state index < -0.39 is 42.7 Å². The standard InChI is InChI=1S/C25H28O13/c1-32-15-8-14(37-25-20(31)19(30)18(29)16(9-26)38-25)17-12(28)7-13(36-24(17)23(15)35-4)10-5-6-11(27)22(34-3)21(10)33-2/h5-8,16,18-20,25-27,29-31H,9H2,1-4H3/t16-,18-,19-,20-,25-/m1/s1. The van der Waals surface area contributed by atoms with Crippen molar-refractivity contribution in [3.05, 3.63) is 34.5 Å². The van der Waals surface area contributed by atoms with Gasteiger partial charge in [-0.3, -0.25) is 4.79 Å². The maximum atomic E-state index is 13.5. The van der Waals surface area contributed by atoms with Crippen LogP contribution in [0.15, 0.2) is 33.5 Å². The summed E-state index contributed by atoms with van der Waals surface area (Å²) in [6.45, 7) is -0.666. The maximum absolute atomic E-state index is 13.5. The Morgan fingerprint density at radius 1 is 0.842 bits per heavy atom. The third kappa shape index (κ3) is 4.54. The van der Waals surface area contributed by atoms with Crippen molar-refractivity contribution in [3.63, 3.8) is 0 Å². The highest BCUT2D eigenvalue weighted by molar-refractivity contribution is 5.92. The van der Waals surface area contributed by atoms with Gasteiger partial charge in [0.1, 0.15) is 41.3 Å². The van der Waals surface area contributed by atoms with Crippen molar-refractivity contribution in [1.82, 2.24) is 0 Å². The van der Waals surface area contributed by atoms with Gasteiger partial charge in [-0.05, 0) is 12.1 Å². The van der Waals surface area contributed by atoms with E-state index in [4.69, 9.17) is 32.8 Å². The van der Waals surface area contributed by atoms with Crippen LogP contribution in [-0.2, 0) is 4.74 Å². The number of phenols is 1. The average Bonchev–Trinajstić information content (AvgIpc) is 2.92. The summed E-state index contributed by atoms with van der Waals surface area (Å²) in [4.78, 5) is 13.5. The molecule has 1 aliphatic rings. The topological polar surface area (TPSA) is 187 Å². The summed E-state index contributed by atoms with van der Waals surface area (Å²) < 4.78 is 38.7. The molecule has 2 aromatic carbocycles. The van der Waals surface area contributed by atoms with Gasteiger partial charge < -0.3 is 58.4 Å². The molecule has 0 radical (unpaired) electrons. The Bertz CT molecular complexity index is 1370. The van der Waals surface area contributed by atoms with Crippen molar-refractivity contribution in [1.29, 1.82) is 0 Å². The van der Waals surface area contributed by atoms with Crippen LogP contribution in [0.1, 0.15) is 0 Å². The number of aromatic hydroxyl groups is 1. The monoisotopic (exact) mass is 536 g/mol. The summed E-state index contributed by atoms with van der Waals surface area (Å²) in [6.07, 6.45) is -7.83. The molecule has 13 heteroatoms. The Balaban J connectivity index is 1.91. The van der Waals surface area contributed by atoms with E-state index in [-0.39, 0.29) is 56.8 Å². The van der Waals surface area contributed by atoms with Crippen molar-refractivity contribution in [2.45, 2.75) is 30.7 Å². The van der Waals surface area contributed by atoms with E-state index in [9.17, 15) is 30.3 Å². The Kier molecular flexibility index (Phi) is 7.85. The molecule has 1 fully saturated rings. The molecule has 1 aliphatic heterocycles. The second-order valence-corrected chi connectivity index (χ2v) is 8.30. The molecule has 5 N–H and O–H groups in total. The first-order valence-corrected chi connectivity index (χ1v) is 11.3. The SMILES string of the molecule is COc1cc(O[C@@H]2O[C@H](CO)[C@@H](O)[C@@H](O)[C@H]2O)c2c(=O)cc(-c3ccc(O)c(OC)c3OC)oc2c1OC. The van der Waals surface area contributed by atoms with E-state index in [0.29, 0.717) is 0 Å². The van der Waals surface area contributed by atoms with Gasteiger partial charge in [0.05, 0.1) is 40.6 Å². The minimum absolute atomic E-state index is 0.0250. The number of hydrogen-bond donors (Lipinski definition) is 5. The van der Waals surface area contributed by atoms with Crippen molar-refractivity contribution in [2.24, 2.45) is 0 Å². The number of methoxy groups -OCH3 is 4. The van der Waals surface area contributed by atoms with Crippen molar-refractivity contribution >= 4 is 11.0 Å². The molecule has 13 nitrogen and oxygen atoms in total. The number of phenolic OH excluding ortho intramolecular Hbond substituents is 1. The summed E-state index contributed by atoms with van der Waals surface area (Å²) in [5, 5.41) is 50.1. The zero-order chi connectivity index (χ0) is 27.7. The minimum Gasteiger partial charge on any atom is -0.504 e. The number of aliphatic hydroxyl groups excluding tert-OH is 4. The second kappa shape index (κ2) is 10.9. The van der Waals surface area contributed by atoms with Gasteiger partial charge in [-0.1, -0.05) is 0 Å². The Labute approximate surface area is 215 Å². The third-order valence-corrected chi connectivity index (χ3v) is 6.17. The molecule has 0 saturated carbocycles. The first kappa shape index (κ1) is 27.3. The minimum atomic E-state index is -1.73. The molecule has 206 valence electrons. The average molecular weight is 536 g/mol. The summed E-state index contributed by atoms with van der Waals surface area (Å²) in [7, 11) is 5.38. The largest absolute Gasteiger partial charge is 0.504 e. The molecule has 0 amide bonds. The lowest BCUT2D eigenvalue weighted by molar-refractivity contribution is -0.277. The third-order valence-electron chi connectivity index (χ3n) is 6.17. The van der Waals surface area contributed by atoms with Gasteiger partial charge in [0.2, 0.25) is 17.8 Å². The van der Waals surface area contributed by atoms with E-state index in [2.05, 4.69) is 0 Å². The fraction of sp³-hybridized carbons (Fsp3) is 0.400. The van der Waals surface area contributed by atoms with Crippen molar-refractivity contribution < 1.29 is 58.4 Å². The normalized spacial score (nSPS) is 23.2. The molecule has 1 aromatic heterocycles. The molecule has 4 rings (SSSR count). The van der Waals surface area contributed by atoms with Crippen LogP contribution in [0.4, 0.5) is 0 Å². The fourth-order valence-corrected chi connectivity index (χ4v) is 4.26. The predicted molar refractivity (Wildman–Crippen MR) is 130 cm³/mol. The molecule has 38 heavy (non-hydrogen) atoms. The summed E-state index contributed by atoms with van der Waals surface area (Å²) in [6, 6.07) is 5.28. The number of aliphatic hydroxyl groups is 4. The quantitative estimate of drug-likeness (QED) is 0.266. The summed E-state index contributed by atoms with van der Waals surface area (Å²) in [5.41, 5.74) is -0.415. The van der Waals surface area contributed by atoms with E-state index in [1.54, 1.807) is 0 Å². The zero-order valence-electron chi connectivity index (χ0n) is 20.9. The summed E-state index contributed by atoms with van der Waals surface area (Å²) >= 11 is 0. The van der Waals surface area contributed by atoms with Crippen LogP contribution in [0.25, 0.3) is 22.3 Å². The highest BCUT2D eigenvalue weighted by Gasteiger charge is 2.45. The zero-order valence-corrected chi connectivity index (χ0v) is 20.9. The number of fused-ring (bicyclic) bond motifs is 1. The van der Waals surface area contributed by atoms with Gasteiger partial charge in [0.25, 0.3) is 0 Å². The van der Waals surface area contributed by atoms with Gasteiger partial charge >= 0.3 is 0 Å². The van der Waals surface area contributed by atoms with Gasteiger partial charge in [0, 0.05) is 12.1 Å². The molecule has 0 bridgehead atoms. The lowest BCUT2D eigenvalue weighted by atomic mass is 9.99. The van der Waals surface area contributed by atoms with E-state index in [1.807, 2.05) is 0 Å². The summed E-state index contributed by atoms with van der Waals surface area (Å²) in [5.74, 6) is -0.0414. The molecular formula is C25H28O13. The van der Waals surface area contributed by atoms with E-state index >= 15 is 0 Å². The van der Waals surface area contributed by atoms with E-state index in [0.717, 1.165) is 6.07 Å². The van der Waals surface area contributed by atoms with Crippen LogP contribution in [0, 0.1) is 0 Å². The Morgan fingerprint density at radius 2 is 1.53 bits per heavy atom. The van der Waals surface area contributed by atoms with Gasteiger partial charge in [-0.25, -0.2) is 0 Å². The molecule has 5 atom stereocenters. The second-order valence-electron chi connectivity index (χ2n) is 8.30. The highest BCUT2D eigenvalue weighted by Crippen LogP contribution is 2.46.